The van der Waals surface area contributed by atoms with Crippen LogP contribution in [0.2, 0.25) is 0 Å². The fourth-order valence-electron chi connectivity index (χ4n) is 2.61. The Bertz CT molecular complexity index is 621. The maximum atomic E-state index is 12.1. The fourth-order valence-corrected chi connectivity index (χ4v) is 3.46. The fraction of sp³-hybridized carbons (Fsp3) is 0.375. The minimum atomic E-state index is -0.235. The molecule has 1 aromatic heterocycles. The van der Waals surface area contributed by atoms with Crippen LogP contribution in [-0.4, -0.2) is 29.1 Å². The van der Waals surface area contributed by atoms with E-state index in [2.05, 4.69) is 4.98 Å². The van der Waals surface area contributed by atoms with E-state index in [9.17, 15) is 4.79 Å². The molecule has 1 fully saturated rings. The quantitative estimate of drug-likeness (QED) is 0.943. The van der Waals surface area contributed by atoms with E-state index in [1.807, 2.05) is 30.3 Å². The molecule has 3 rings (SSSR count). The van der Waals surface area contributed by atoms with Gasteiger partial charge in [0.2, 0.25) is 0 Å². The van der Waals surface area contributed by atoms with Gasteiger partial charge in [-0.05, 0) is 18.4 Å². The molecule has 116 valence electrons. The number of carbonyl (C=O) groups excluding carboxylic acids is 1. The molecule has 0 atom stereocenters. The van der Waals surface area contributed by atoms with Crippen LogP contribution >= 0.6 is 11.3 Å². The van der Waals surface area contributed by atoms with E-state index < -0.39 is 0 Å². The van der Waals surface area contributed by atoms with Gasteiger partial charge in [0.05, 0.1) is 11.2 Å². The van der Waals surface area contributed by atoms with E-state index in [4.69, 9.17) is 10.5 Å². The van der Waals surface area contributed by atoms with Gasteiger partial charge >= 0.3 is 6.09 Å². The van der Waals surface area contributed by atoms with Crippen molar-refractivity contribution in [2.45, 2.75) is 25.4 Å². The molecular weight excluding hydrogens is 298 g/mol. The van der Waals surface area contributed by atoms with Crippen LogP contribution < -0.4 is 5.73 Å². The van der Waals surface area contributed by atoms with Crippen molar-refractivity contribution in [1.82, 2.24) is 9.88 Å². The van der Waals surface area contributed by atoms with Crippen LogP contribution in [0.1, 0.15) is 29.3 Å². The third-order valence-electron chi connectivity index (χ3n) is 3.85. The topological polar surface area (TPSA) is 68.5 Å². The van der Waals surface area contributed by atoms with E-state index in [0.29, 0.717) is 25.6 Å². The van der Waals surface area contributed by atoms with Crippen molar-refractivity contribution in [2.75, 3.05) is 18.8 Å². The van der Waals surface area contributed by atoms with Gasteiger partial charge in [0.15, 0.2) is 0 Å². The molecule has 0 saturated carbocycles. The Morgan fingerprint density at radius 1 is 1.32 bits per heavy atom. The summed E-state index contributed by atoms with van der Waals surface area (Å²) >= 11 is 1.54. The van der Waals surface area contributed by atoms with Gasteiger partial charge in [0.25, 0.3) is 0 Å². The molecule has 0 spiro atoms. The summed E-state index contributed by atoms with van der Waals surface area (Å²) < 4.78 is 5.37. The Morgan fingerprint density at radius 3 is 2.68 bits per heavy atom. The van der Waals surface area contributed by atoms with Gasteiger partial charge in [-0.1, -0.05) is 30.3 Å². The number of thiazole rings is 1. The summed E-state index contributed by atoms with van der Waals surface area (Å²) in [7, 11) is 0. The molecule has 1 aliphatic heterocycles. The first-order valence-corrected chi connectivity index (χ1v) is 8.21. The lowest BCUT2D eigenvalue weighted by molar-refractivity contribution is 0.0870. The number of likely N-dealkylation sites (tertiary alicyclic amines) is 1. The van der Waals surface area contributed by atoms with Crippen molar-refractivity contribution in [1.29, 1.82) is 0 Å². The third kappa shape index (κ3) is 3.57. The van der Waals surface area contributed by atoms with E-state index in [0.717, 1.165) is 28.4 Å². The normalized spacial score (nSPS) is 15.7. The second-order valence-corrected chi connectivity index (χ2v) is 6.50. The predicted octanol–water partition coefficient (Wildman–Crippen LogP) is 3.24. The average Bonchev–Trinajstić information content (AvgIpc) is 3.00. The summed E-state index contributed by atoms with van der Waals surface area (Å²) in [4.78, 5) is 18.2. The lowest BCUT2D eigenvalue weighted by Crippen LogP contribution is -2.38. The van der Waals surface area contributed by atoms with Gasteiger partial charge in [-0.25, -0.2) is 9.78 Å². The smallest absolute Gasteiger partial charge is 0.410 e. The molecule has 0 radical (unpaired) electrons. The third-order valence-corrected chi connectivity index (χ3v) is 4.84. The summed E-state index contributed by atoms with van der Waals surface area (Å²) in [5.41, 5.74) is 6.73. The number of piperidine rings is 1. The molecule has 1 aromatic carbocycles. The van der Waals surface area contributed by atoms with Crippen molar-refractivity contribution in [3.63, 3.8) is 0 Å². The molecule has 2 aromatic rings. The molecule has 1 amide bonds. The molecular formula is C16H19N3O2S. The molecule has 2 heterocycles. The number of anilines is 1. The summed E-state index contributed by atoms with van der Waals surface area (Å²) in [6, 6.07) is 9.73. The van der Waals surface area contributed by atoms with Crippen molar-refractivity contribution in [2.24, 2.45) is 0 Å². The number of carbonyl (C=O) groups is 1. The zero-order valence-corrected chi connectivity index (χ0v) is 13.1. The second kappa shape index (κ2) is 6.79. The number of ether oxygens (including phenoxy) is 1. The summed E-state index contributed by atoms with van der Waals surface area (Å²) in [6.45, 7) is 1.73. The number of hydrogen-bond donors (Lipinski definition) is 1. The molecule has 0 aliphatic carbocycles. The number of rotatable bonds is 3. The monoisotopic (exact) mass is 317 g/mol. The number of aromatic nitrogens is 1. The maximum Gasteiger partial charge on any atom is 0.410 e. The summed E-state index contributed by atoms with van der Waals surface area (Å²) in [6.07, 6.45) is 3.29. The first kappa shape index (κ1) is 14.8. The van der Waals surface area contributed by atoms with Crippen molar-refractivity contribution in [3.05, 3.63) is 47.1 Å². The number of benzene rings is 1. The number of nitrogen functional groups attached to an aromatic ring is 1. The van der Waals surface area contributed by atoms with Crippen LogP contribution in [-0.2, 0) is 11.3 Å². The number of hydrogen-bond acceptors (Lipinski definition) is 5. The van der Waals surface area contributed by atoms with E-state index in [-0.39, 0.29) is 6.09 Å². The van der Waals surface area contributed by atoms with Gasteiger partial charge in [0.1, 0.15) is 11.6 Å². The maximum absolute atomic E-state index is 12.1. The average molecular weight is 317 g/mol. The molecule has 6 heteroatoms. The molecule has 0 unspecified atom stereocenters. The standard InChI is InChI=1S/C16H19N3O2S/c17-14-10-18-15(22-14)13-6-8-19(9-7-13)16(20)21-11-12-4-2-1-3-5-12/h1-5,10,13H,6-9,11,17H2. The number of amides is 1. The molecule has 0 bridgehead atoms. The van der Waals surface area contributed by atoms with E-state index >= 15 is 0 Å². The van der Waals surface area contributed by atoms with Crippen LogP contribution in [0.15, 0.2) is 36.5 Å². The number of nitrogens with two attached hydrogens (primary N) is 1. The zero-order valence-electron chi connectivity index (χ0n) is 12.3. The Kier molecular flexibility index (Phi) is 4.58. The first-order chi connectivity index (χ1) is 10.7. The van der Waals surface area contributed by atoms with E-state index in [1.165, 1.54) is 0 Å². The SMILES string of the molecule is Nc1cnc(C2CCN(C(=O)OCc3ccccc3)CC2)s1. The van der Waals surface area contributed by atoms with Crippen LogP contribution in [0.5, 0.6) is 0 Å². The van der Waals surface area contributed by atoms with Crippen LogP contribution in [0.3, 0.4) is 0 Å². The van der Waals surface area contributed by atoms with E-state index in [1.54, 1.807) is 22.4 Å². The van der Waals surface area contributed by atoms with Gasteiger partial charge in [0, 0.05) is 19.0 Å². The Morgan fingerprint density at radius 2 is 2.05 bits per heavy atom. The van der Waals surface area contributed by atoms with Crippen LogP contribution in [0.4, 0.5) is 9.80 Å². The van der Waals surface area contributed by atoms with Crippen molar-refractivity contribution >= 4 is 22.4 Å². The summed E-state index contributed by atoms with van der Waals surface area (Å²) in [5, 5.41) is 1.83. The predicted molar refractivity (Wildman–Crippen MR) is 86.7 cm³/mol. The highest BCUT2D eigenvalue weighted by Crippen LogP contribution is 2.31. The highest BCUT2D eigenvalue weighted by atomic mass is 32.1. The number of nitrogens with zero attached hydrogens (tertiary/aromatic N) is 2. The lowest BCUT2D eigenvalue weighted by atomic mass is 9.98. The Hall–Kier alpha value is -2.08. The molecule has 2 N–H and O–H groups in total. The second-order valence-electron chi connectivity index (χ2n) is 5.40. The minimum absolute atomic E-state index is 0.235. The molecule has 1 aliphatic rings. The first-order valence-electron chi connectivity index (χ1n) is 7.39. The zero-order chi connectivity index (χ0) is 15.4. The largest absolute Gasteiger partial charge is 0.445 e. The van der Waals surface area contributed by atoms with Gasteiger partial charge in [-0.2, -0.15) is 0 Å². The summed E-state index contributed by atoms with van der Waals surface area (Å²) in [5.74, 6) is 0.403. The highest BCUT2D eigenvalue weighted by molar-refractivity contribution is 7.15. The molecule has 5 nitrogen and oxygen atoms in total. The van der Waals surface area contributed by atoms with Crippen LogP contribution in [0.25, 0.3) is 0 Å². The lowest BCUT2D eigenvalue weighted by Gasteiger charge is -2.30. The van der Waals surface area contributed by atoms with Gasteiger partial charge in [-0.3, -0.25) is 0 Å². The Balaban J connectivity index is 1.47. The minimum Gasteiger partial charge on any atom is -0.445 e. The van der Waals surface area contributed by atoms with Crippen molar-refractivity contribution in [3.8, 4) is 0 Å². The molecule has 1 saturated heterocycles. The van der Waals surface area contributed by atoms with Crippen molar-refractivity contribution < 1.29 is 9.53 Å². The Labute approximate surface area is 133 Å². The molecule has 22 heavy (non-hydrogen) atoms. The highest BCUT2D eigenvalue weighted by Gasteiger charge is 2.26. The van der Waals surface area contributed by atoms with Gasteiger partial charge in [-0.15, -0.1) is 11.3 Å². The van der Waals surface area contributed by atoms with Crippen LogP contribution in [0, 0.1) is 0 Å². The van der Waals surface area contributed by atoms with Gasteiger partial charge < -0.3 is 15.4 Å².